The van der Waals surface area contributed by atoms with Crippen molar-refractivity contribution in [2.45, 2.75) is 45.3 Å². The van der Waals surface area contributed by atoms with Gasteiger partial charge in [0.25, 0.3) is 0 Å². The second-order valence-corrected chi connectivity index (χ2v) is 5.35. The lowest BCUT2D eigenvalue weighted by atomic mass is 10.1. The van der Waals surface area contributed by atoms with Crippen LogP contribution in [0.2, 0.25) is 0 Å². The molecule has 0 amide bonds. The summed E-state index contributed by atoms with van der Waals surface area (Å²) in [6, 6.07) is 8.05. The Bertz CT molecular complexity index is 390. The molecule has 0 aromatic heterocycles. The summed E-state index contributed by atoms with van der Waals surface area (Å²) < 4.78 is 11.6. The molecular weight excluding hydrogens is 226 g/mol. The molecule has 1 aliphatic heterocycles. The Morgan fingerprint density at radius 2 is 2.17 bits per heavy atom. The van der Waals surface area contributed by atoms with Gasteiger partial charge in [-0.05, 0) is 45.7 Å². The highest BCUT2D eigenvalue weighted by molar-refractivity contribution is 5.56. The third-order valence-electron chi connectivity index (χ3n) is 3.26. The van der Waals surface area contributed by atoms with E-state index in [1.54, 1.807) is 0 Å². The molecule has 0 saturated carbocycles. The Kier molecular flexibility index (Phi) is 4.12. The number of benzene rings is 1. The summed E-state index contributed by atoms with van der Waals surface area (Å²) in [5.41, 5.74) is 1.08. The smallest absolute Gasteiger partial charge is 0.142 e. The monoisotopic (exact) mass is 249 g/mol. The fraction of sp³-hybridized carbons (Fsp3) is 0.600. The average molecular weight is 249 g/mol. The highest BCUT2D eigenvalue weighted by Gasteiger charge is 2.31. The fourth-order valence-electron chi connectivity index (χ4n) is 2.34. The van der Waals surface area contributed by atoms with E-state index < -0.39 is 0 Å². The minimum Gasteiger partial charge on any atom is -0.492 e. The van der Waals surface area contributed by atoms with Crippen molar-refractivity contribution in [2.24, 2.45) is 0 Å². The van der Waals surface area contributed by atoms with E-state index in [1.165, 1.54) is 0 Å². The predicted molar refractivity (Wildman–Crippen MR) is 74.3 cm³/mol. The molecule has 100 valence electrons. The maximum absolute atomic E-state index is 5.97. The number of hydrogen-bond acceptors (Lipinski definition) is 3. The van der Waals surface area contributed by atoms with Crippen molar-refractivity contribution in [3.8, 4) is 5.75 Å². The molecule has 1 fully saturated rings. The first kappa shape index (κ1) is 13.2. The molecule has 0 radical (unpaired) electrons. The molecule has 1 unspecified atom stereocenters. The van der Waals surface area contributed by atoms with Crippen LogP contribution in [0.4, 0.5) is 5.69 Å². The molecule has 0 aliphatic carbocycles. The normalized spacial score (nSPS) is 21.8. The lowest BCUT2D eigenvalue weighted by molar-refractivity contribution is -0.00911. The number of nitrogens with one attached hydrogen (secondary N) is 1. The second-order valence-electron chi connectivity index (χ2n) is 5.35. The first-order valence-corrected chi connectivity index (χ1v) is 6.74. The van der Waals surface area contributed by atoms with E-state index in [0.717, 1.165) is 30.8 Å². The lowest BCUT2D eigenvalue weighted by Crippen LogP contribution is -2.24. The number of rotatable bonds is 5. The summed E-state index contributed by atoms with van der Waals surface area (Å²) in [6.45, 7) is 7.83. The van der Waals surface area contributed by atoms with Gasteiger partial charge in [-0.1, -0.05) is 12.1 Å². The molecule has 3 nitrogen and oxygen atoms in total. The predicted octanol–water partition coefficient (Wildman–Crippen LogP) is 3.45. The van der Waals surface area contributed by atoms with E-state index in [4.69, 9.17) is 9.47 Å². The van der Waals surface area contributed by atoms with Gasteiger partial charge in [0, 0.05) is 6.54 Å². The van der Waals surface area contributed by atoms with Gasteiger partial charge in [-0.3, -0.25) is 0 Å². The van der Waals surface area contributed by atoms with E-state index in [-0.39, 0.29) is 5.60 Å². The zero-order valence-electron chi connectivity index (χ0n) is 11.5. The minimum absolute atomic E-state index is 0.0335. The van der Waals surface area contributed by atoms with Gasteiger partial charge in [-0.2, -0.15) is 0 Å². The van der Waals surface area contributed by atoms with Crippen LogP contribution in [0.25, 0.3) is 0 Å². The summed E-state index contributed by atoms with van der Waals surface area (Å²) in [5, 5.41) is 3.43. The molecule has 1 heterocycles. The van der Waals surface area contributed by atoms with Crippen molar-refractivity contribution in [2.75, 3.05) is 18.5 Å². The van der Waals surface area contributed by atoms with Gasteiger partial charge >= 0.3 is 0 Å². The number of hydrogen-bond donors (Lipinski definition) is 1. The molecule has 1 saturated heterocycles. The molecule has 1 N–H and O–H groups in total. The Hall–Kier alpha value is -1.22. The average Bonchev–Trinajstić information content (AvgIpc) is 2.68. The van der Waals surface area contributed by atoms with Gasteiger partial charge in [-0.25, -0.2) is 0 Å². The molecule has 1 aliphatic rings. The molecule has 3 heteroatoms. The Labute approximate surface area is 109 Å². The van der Waals surface area contributed by atoms with Gasteiger partial charge in [0.05, 0.1) is 24.0 Å². The van der Waals surface area contributed by atoms with E-state index >= 15 is 0 Å². The first-order chi connectivity index (χ1) is 8.61. The van der Waals surface area contributed by atoms with E-state index in [2.05, 4.69) is 19.2 Å². The summed E-state index contributed by atoms with van der Waals surface area (Å²) in [7, 11) is 0. The van der Waals surface area contributed by atoms with Crippen molar-refractivity contribution in [3.63, 3.8) is 0 Å². The maximum Gasteiger partial charge on any atom is 0.142 e. The zero-order valence-corrected chi connectivity index (χ0v) is 11.5. The summed E-state index contributed by atoms with van der Waals surface area (Å²) in [4.78, 5) is 0. The molecule has 2 rings (SSSR count). The van der Waals surface area contributed by atoms with Crippen LogP contribution in [-0.2, 0) is 4.74 Å². The summed E-state index contributed by atoms with van der Waals surface area (Å²) >= 11 is 0. The fourth-order valence-corrected chi connectivity index (χ4v) is 2.34. The zero-order chi connectivity index (χ0) is 13.0. The van der Waals surface area contributed by atoms with Crippen LogP contribution in [0.1, 0.15) is 33.6 Å². The van der Waals surface area contributed by atoms with Crippen LogP contribution in [-0.4, -0.2) is 24.9 Å². The topological polar surface area (TPSA) is 30.5 Å². The molecule has 1 atom stereocenters. The largest absolute Gasteiger partial charge is 0.492 e. The van der Waals surface area contributed by atoms with Gasteiger partial charge in [-0.15, -0.1) is 0 Å². The minimum atomic E-state index is 0.0335. The standard InChI is InChI=1S/C15H23NO2/c1-4-17-14-8-6-5-7-13(14)16-11-12-9-10-15(2,3)18-12/h5-8,12,16H,4,9-11H2,1-3H3. The number of para-hydroxylation sites is 2. The van der Waals surface area contributed by atoms with Crippen molar-refractivity contribution < 1.29 is 9.47 Å². The molecule has 1 aromatic carbocycles. The summed E-state index contributed by atoms with van der Waals surface area (Å²) in [5.74, 6) is 0.914. The van der Waals surface area contributed by atoms with Gasteiger partial charge in [0.1, 0.15) is 5.75 Å². The SMILES string of the molecule is CCOc1ccccc1NCC1CCC(C)(C)O1. The van der Waals surface area contributed by atoms with Crippen LogP contribution < -0.4 is 10.1 Å². The van der Waals surface area contributed by atoms with E-state index in [9.17, 15) is 0 Å². The van der Waals surface area contributed by atoms with Crippen molar-refractivity contribution >= 4 is 5.69 Å². The van der Waals surface area contributed by atoms with Crippen LogP contribution in [0.15, 0.2) is 24.3 Å². The highest BCUT2D eigenvalue weighted by atomic mass is 16.5. The van der Waals surface area contributed by atoms with Crippen molar-refractivity contribution in [1.82, 2.24) is 0 Å². The highest BCUT2D eigenvalue weighted by Crippen LogP contribution is 2.30. The van der Waals surface area contributed by atoms with Crippen LogP contribution >= 0.6 is 0 Å². The number of ether oxygens (including phenoxy) is 2. The van der Waals surface area contributed by atoms with Crippen LogP contribution in [0.3, 0.4) is 0 Å². The van der Waals surface area contributed by atoms with E-state index in [0.29, 0.717) is 12.7 Å². The molecule has 0 bridgehead atoms. The lowest BCUT2D eigenvalue weighted by Gasteiger charge is -2.20. The second kappa shape index (κ2) is 5.61. The van der Waals surface area contributed by atoms with Crippen LogP contribution in [0, 0.1) is 0 Å². The van der Waals surface area contributed by atoms with Crippen LogP contribution in [0.5, 0.6) is 5.75 Å². The quantitative estimate of drug-likeness (QED) is 0.867. The summed E-state index contributed by atoms with van der Waals surface area (Å²) in [6.07, 6.45) is 2.55. The Morgan fingerprint density at radius 3 is 2.83 bits per heavy atom. The van der Waals surface area contributed by atoms with Gasteiger partial charge < -0.3 is 14.8 Å². The Balaban J connectivity index is 1.90. The number of anilines is 1. The third kappa shape index (κ3) is 3.39. The molecule has 0 spiro atoms. The van der Waals surface area contributed by atoms with E-state index in [1.807, 2.05) is 31.2 Å². The van der Waals surface area contributed by atoms with Crippen molar-refractivity contribution in [3.05, 3.63) is 24.3 Å². The van der Waals surface area contributed by atoms with Gasteiger partial charge in [0.2, 0.25) is 0 Å². The third-order valence-corrected chi connectivity index (χ3v) is 3.26. The first-order valence-electron chi connectivity index (χ1n) is 6.74. The molecular formula is C15H23NO2. The maximum atomic E-state index is 5.97. The van der Waals surface area contributed by atoms with Crippen molar-refractivity contribution in [1.29, 1.82) is 0 Å². The molecule has 18 heavy (non-hydrogen) atoms. The van der Waals surface area contributed by atoms with Gasteiger partial charge in [0.15, 0.2) is 0 Å². The molecule has 1 aromatic rings. The Morgan fingerprint density at radius 1 is 1.39 bits per heavy atom.